The van der Waals surface area contributed by atoms with Gasteiger partial charge in [-0.3, -0.25) is 10.1 Å². The van der Waals surface area contributed by atoms with Crippen molar-refractivity contribution in [3.05, 3.63) is 58.9 Å². The van der Waals surface area contributed by atoms with Crippen LogP contribution in [0, 0.1) is 10.1 Å². The number of nitrogens with zero attached hydrogens (tertiary/aromatic N) is 6. The Balaban J connectivity index is 1.68. The minimum absolute atomic E-state index is 0.104. The van der Waals surface area contributed by atoms with Gasteiger partial charge < -0.3 is 0 Å². The highest BCUT2D eigenvalue weighted by molar-refractivity contribution is 7.99. The first kappa shape index (κ1) is 14.3. The number of nitro benzene ring substituents is 1. The molecule has 0 aliphatic rings. The molecule has 118 valence electrons. The fourth-order valence-electron chi connectivity index (χ4n) is 2.16. The number of nitro groups is 1. The lowest BCUT2D eigenvalue weighted by atomic mass is 10.3. The van der Waals surface area contributed by atoms with Crippen LogP contribution in [0.5, 0.6) is 0 Å². The van der Waals surface area contributed by atoms with Crippen LogP contribution in [0.2, 0.25) is 0 Å². The highest BCUT2D eigenvalue weighted by Gasteiger charge is 2.20. The number of hydrogen-bond donors (Lipinski definition) is 0. The van der Waals surface area contributed by atoms with Gasteiger partial charge in [-0.25, -0.2) is 14.3 Å². The maximum Gasteiger partial charge on any atom is 0.300 e. The molecule has 2 aromatic heterocycles. The summed E-state index contributed by atoms with van der Waals surface area (Å²) in [4.78, 5) is 15.3. The van der Waals surface area contributed by atoms with E-state index >= 15 is 0 Å². The van der Waals surface area contributed by atoms with E-state index in [1.54, 1.807) is 17.1 Å². The molecule has 2 heterocycles. The molecule has 0 atom stereocenters. The maximum atomic E-state index is 11.0. The monoisotopic (exact) mass is 340 g/mol. The van der Waals surface area contributed by atoms with Crippen molar-refractivity contribution in [3.8, 4) is 5.69 Å². The molecule has 10 heteroatoms. The van der Waals surface area contributed by atoms with E-state index in [1.807, 2.05) is 30.3 Å². The third-order valence-corrected chi connectivity index (χ3v) is 4.17. The molecule has 0 amide bonds. The van der Waals surface area contributed by atoms with E-state index in [-0.39, 0.29) is 11.2 Å². The molecule has 0 aliphatic carbocycles. The summed E-state index contributed by atoms with van der Waals surface area (Å²) in [5.74, 6) is 0. The summed E-state index contributed by atoms with van der Waals surface area (Å²) in [6, 6.07) is 12.5. The first-order valence-corrected chi connectivity index (χ1v) is 7.58. The van der Waals surface area contributed by atoms with Gasteiger partial charge in [-0.2, -0.15) is 0 Å². The Bertz CT molecular complexity index is 1030. The lowest BCUT2D eigenvalue weighted by molar-refractivity contribution is -0.383. The molecule has 0 unspecified atom stereocenters. The number of hydrogen-bond acceptors (Lipinski definition) is 8. The van der Waals surface area contributed by atoms with Crippen molar-refractivity contribution >= 4 is 28.5 Å². The lowest BCUT2D eigenvalue weighted by Crippen LogP contribution is -1.93. The van der Waals surface area contributed by atoms with Crippen molar-refractivity contribution in [2.75, 3.05) is 0 Å². The second-order valence-corrected chi connectivity index (χ2v) is 5.72. The number of aromatic nitrogens is 5. The summed E-state index contributed by atoms with van der Waals surface area (Å²) in [6.07, 6.45) is 1.60. The van der Waals surface area contributed by atoms with Crippen LogP contribution in [-0.4, -0.2) is 30.0 Å². The van der Waals surface area contributed by atoms with Crippen molar-refractivity contribution < 1.29 is 9.55 Å². The molecule has 9 nitrogen and oxygen atoms in total. The van der Waals surface area contributed by atoms with Gasteiger partial charge >= 0.3 is 5.69 Å². The molecular formula is C14H8N6O3S. The molecule has 2 aromatic carbocycles. The third-order valence-electron chi connectivity index (χ3n) is 3.25. The van der Waals surface area contributed by atoms with Crippen LogP contribution < -0.4 is 0 Å². The second kappa shape index (κ2) is 5.74. The first-order valence-electron chi connectivity index (χ1n) is 6.77. The smallest absolute Gasteiger partial charge is 0.258 e. The summed E-state index contributed by atoms with van der Waals surface area (Å²) in [7, 11) is 0. The van der Waals surface area contributed by atoms with E-state index in [9.17, 15) is 10.1 Å². The van der Waals surface area contributed by atoms with E-state index in [0.717, 1.165) is 5.69 Å². The average Bonchev–Trinajstić information content (AvgIpc) is 3.25. The number of fused-ring (bicyclic) bond motifs is 1. The van der Waals surface area contributed by atoms with Gasteiger partial charge in [0.05, 0.1) is 10.6 Å². The van der Waals surface area contributed by atoms with Crippen molar-refractivity contribution in [2.24, 2.45) is 0 Å². The van der Waals surface area contributed by atoms with E-state index in [0.29, 0.717) is 15.6 Å². The molecule has 0 bridgehead atoms. The third kappa shape index (κ3) is 2.48. The Labute approximate surface area is 138 Å². The SMILES string of the molecule is O=[N+]([O-])c1ccc(Sc2ncn(-c3ccccc3)n2)c2nonc12. The largest absolute Gasteiger partial charge is 0.300 e. The standard InChI is InChI=1S/C14H8N6O3S/c21-20(22)10-6-7-11(13-12(10)17-23-18-13)24-14-15-8-19(16-14)9-4-2-1-3-5-9/h1-8H. The van der Waals surface area contributed by atoms with E-state index in [1.165, 1.54) is 17.8 Å². The van der Waals surface area contributed by atoms with E-state index < -0.39 is 4.92 Å². The topological polar surface area (TPSA) is 113 Å². The average molecular weight is 340 g/mol. The number of benzene rings is 2. The normalized spacial score (nSPS) is 11.0. The van der Waals surface area contributed by atoms with Gasteiger partial charge in [0.1, 0.15) is 6.33 Å². The van der Waals surface area contributed by atoms with Gasteiger partial charge in [0, 0.05) is 11.0 Å². The molecule has 0 radical (unpaired) electrons. The molecule has 4 aromatic rings. The Kier molecular flexibility index (Phi) is 3.43. The summed E-state index contributed by atoms with van der Waals surface area (Å²) >= 11 is 1.23. The lowest BCUT2D eigenvalue weighted by Gasteiger charge is -1.99. The fourth-order valence-corrected chi connectivity index (χ4v) is 2.95. The number of rotatable bonds is 4. The highest BCUT2D eigenvalue weighted by atomic mass is 32.2. The quantitative estimate of drug-likeness (QED) is 0.411. The molecule has 0 aliphatic heterocycles. The van der Waals surface area contributed by atoms with Crippen LogP contribution in [0.15, 0.2) is 63.5 Å². The maximum absolute atomic E-state index is 11.0. The molecule has 0 N–H and O–H groups in total. The zero-order valence-electron chi connectivity index (χ0n) is 11.9. The van der Waals surface area contributed by atoms with Crippen LogP contribution >= 0.6 is 11.8 Å². The van der Waals surface area contributed by atoms with Crippen molar-refractivity contribution in [3.63, 3.8) is 0 Å². The minimum Gasteiger partial charge on any atom is -0.258 e. The fraction of sp³-hybridized carbons (Fsp3) is 0. The Hall–Kier alpha value is -3.27. The first-order chi connectivity index (χ1) is 11.7. The molecule has 24 heavy (non-hydrogen) atoms. The van der Waals surface area contributed by atoms with E-state index in [4.69, 9.17) is 0 Å². The molecule has 0 fully saturated rings. The van der Waals surface area contributed by atoms with Gasteiger partial charge in [-0.1, -0.05) is 18.2 Å². The molecule has 0 spiro atoms. The zero-order chi connectivity index (χ0) is 16.5. The summed E-state index contributed by atoms with van der Waals surface area (Å²) in [6.45, 7) is 0. The Morgan fingerprint density at radius 2 is 1.88 bits per heavy atom. The van der Waals surface area contributed by atoms with Gasteiger partial charge in [-0.15, -0.1) is 5.10 Å². The van der Waals surface area contributed by atoms with Crippen molar-refractivity contribution in [1.29, 1.82) is 0 Å². The molecule has 0 saturated heterocycles. The van der Waals surface area contributed by atoms with Crippen LogP contribution in [0.3, 0.4) is 0 Å². The minimum atomic E-state index is -0.524. The second-order valence-electron chi connectivity index (χ2n) is 4.71. The van der Waals surface area contributed by atoms with Gasteiger partial charge in [0.25, 0.3) is 0 Å². The number of non-ortho nitro benzene ring substituents is 1. The van der Waals surface area contributed by atoms with Gasteiger partial charge in [-0.05, 0) is 40.3 Å². The Morgan fingerprint density at radius 1 is 1.08 bits per heavy atom. The van der Waals surface area contributed by atoms with Crippen LogP contribution in [0.25, 0.3) is 16.7 Å². The zero-order valence-corrected chi connectivity index (χ0v) is 12.8. The molecule has 4 rings (SSSR count). The summed E-state index contributed by atoms with van der Waals surface area (Å²) < 4.78 is 6.29. The van der Waals surface area contributed by atoms with Crippen LogP contribution in [0.4, 0.5) is 5.69 Å². The highest BCUT2D eigenvalue weighted by Crippen LogP contribution is 2.34. The van der Waals surface area contributed by atoms with Gasteiger partial charge in [0.2, 0.25) is 10.7 Å². The Morgan fingerprint density at radius 3 is 2.67 bits per heavy atom. The summed E-state index contributed by atoms with van der Waals surface area (Å²) in [5, 5.41) is 23.2. The van der Waals surface area contributed by atoms with Crippen molar-refractivity contribution in [2.45, 2.75) is 10.1 Å². The van der Waals surface area contributed by atoms with Crippen LogP contribution in [0.1, 0.15) is 0 Å². The number of para-hydroxylation sites is 1. The predicted molar refractivity (Wildman–Crippen MR) is 83.9 cm³/mol. The van der Waals surface area contributed by atoms with E-state index in [2.05, 4.69) is 25.0 Å². The summed E-state index contributed by atoms with van der Waals surface area (Å²) in [5.41, 5.74) is 1.14. The van der Waals surface area contributed by atoms with Crippen LogP contribution in [-0.2, 0) is 0 Å². The molecule has 0 saturated carbocycles. The molecular weight excluding hydrogens is 332 g/mol. The van der Waals surface area contributed by atoms with Gasteiger partial charge in [0.15, 0.2) is 5.52 Å². The predicted octanol–water partition coefficient (Wildman–Crippen LogP) is 2.86. The van der Waals surface area contributed by atoms with Crippen molar-refractivity contribution in [1.82, 2.24) is 25.1 Å².